The summed E-state index contributed by atoms with van der Waals surface area (Å²) in [6.07, 6.45) is 8.40. The highest BCUT2D eigenvalue weighted by molar-refractivity contribution is 6.12. The summed E-state index contributed by atoms with van der Waals surface area (Å²) >= 11 is 0. The Balaban J connectivity index is 1.70. The van der Waals surface area contributed by atoms with E-state index >= 15 is 0 Å². The zero-order chi connectivity index (χ0) is 27.0. The van der Waals surface area contributed by atoms with Gasteiger partial charge in [-0.05, 0) is 57.2 Å². The SMILES string of the molecule is Cc1ccc(NC[C@H](CCCNC(N)=O)NC[C@@H](NCCCCCCN2C(=O)C=CC2=O)C(C)C)cc1. The second kappa shape index (κ2) is 16.8. The molecule has 0 saturated carbocycles. The fraction of sp³-hybridized carbons (Fsp3) is 0.607. The minimum atomic E-state index is -0.485. The molecule has 0 unspecified atom stereocenters. The van der Waals surface area contributed by atoms with Gasteiger partial charge in [-0.25, -0.2) is 4.79 Å². The van der Waals surface area contributed by atoms with Crippen molar-refractivity contribution in [2.75, 3.05) is 38.0 Å². The average molecular weight is 515 g/mol. The molecule has 1 aromatic carbocycles. The lowest BCUT2D eigenvalue weighted by atomic mass is 10.0. The molecule has 2 atom stereocenters. The third-order valence-corrected chi connectivity index (χ3v) is 6.68. The predicted molar refractivity (Wildman–Crippen MR) is 149 cm³/mol. The van der Waals surface area contributed by atoms with E-state index in [0.717, 1.165) is 63.8 Å². The standard InChI is InChI=1S/C28H46N6O3/c1-21(2)25(30-16-6-4-5-7-18-34-26(35)14-15-27(34)36)20-33-24(9-8-17-31-28(29)37)19-32-23-12-10-22(3)11-13-23/h10-15,21,24-25,30,32-33H,4-9,16-20H2,1-3H3,(H3,29,31,37)/t24-,25+/m0/s1. The van der Waals surface area contributed by atoms with Crippen molar-refractivity contribution in [3.63, 3.8) is 0 Å². The van der Waals surface area contributed by atoms with Crippen molar-refractivity contribution in [2.45, 2.75) is 71.4 Å². The number of urea groups is 1. The third-order valence-electron chi connectivity index (χ3n) is 6.68. The Hall–Kier alpha value is -2.91. The molecule has 0 fully saturated rings. The van der Waals surface area contributed by atoms with Crippen molar-refractivity contribution < 1.29 is 14.4 Å². The van der Waals surface area contributed by atoms with Gasteiger partial charge in [0.15, 0.2) is 0 Å². The molecule has 4 amide bonds. The van der Waals surface area contributed by atoms with Gasteiger partial charge in [0.2, 0.25) is 0 Å². The lowest BCUT2D eigenvalue weighted by molar-refractivity contribution is -0.136. The summed E-state index contributed by atoms with van der Waals surface area (Å²) in [6, 6.07) is 8.50. The van der Waals surface area contributed by atoms with E-state index in [2.05, 4.69) is 66.3 Å². The van der Waals surface area contributed by atoms with Crippen LogP contribution in [-0.4, -0.2) is 67.6 Å². The van der Waals surface area contributed by atoms with Gasteiger partial charge in [-0.1, -0.05) is 44.4 Å². The first kappa shape index (κ1) is 30.3. The van der Waals surface area contributed by atoms with E-state index in [9.17, 15) is 14.4 Å². The number of unbranched alkanes of at least 4 members (excludes halogenated alkanes) is 3. The van der Waals surface area contributed by atoms with Crippen LogP contribution in [0.3, 0.4) is 0 Å². The molecule has 9 heteroatoms. The smallest absolute Gasteiger partial charge is 0.312 e. The van der Waals surface area contributed by atoms with Gasteiger partial charge in [-0.3, -0.25) is 14.5 Å². The number of carbonyl (C=O) groups excluding carboxylic acids is 3. The first-order chi connectivity index (χ1) is 17.8. The van der Waals surface area contributed by atoms with E-state index in [1.54, 1.807) is 0 Å². The molecule has 37 heavy (non-hydrogen) atoms. The van der Waals surface area contributed by atoms with E-state index in [1.165, 1.54) is 22.6 Å². The van der Waals surface area contributed by atoms with Crippen LogP contribution in [0.2, 0.25) is 0 Å². The highest BCUT2D eigenvalue weighted by Gasteiger charge is 2.22. The number of rotatable bonds is 19. The highest BCUT2D eigenvalue weighted by atomic mass is 16.2. The van der Waals surface area contributed by atoms with Crippen molar-refractivity contribution >= 4 is 23.5 Å². The number of nitrogens with one attached hydrogen (secondary N) is 4. The van der Waals surface area contributed by atoms with Gasteiger partial charge in [0, 0.05) is 56.1 Å². The summed E-state index contributed by atoms with van der Waals surface area (Å²) in [5, 5.41) is 13.6. The van der Waals surface area contributed by atoms with Crippen molar-refractivity contribution in [1.82, 2.24) is 20.9 Å². The normalized spacial score (nSPS) is 14.9. The van der Waals surface area contributed by atoms with Crippen LogP contribution in [0.15, 0.2) is 36.4 Å². The molecule has 0 radical (unpaired) electrons. The molecule has 2 rings (SSSR count). The van der Waals surface area contributed by atoms with E-state index in [0.29, 0.717) is 25.0 Å². The van der Waals surface area contributed by atoms with E-state index in [1.807, 2.05) is 0 Å². The highest BCUT2D eigenvalue weighted by Crippen LogP contribution is 2.11. The minimum absolute atomic E-state index is 0.199. The maximum absolute atomic E-state index is 11.6. The van der Waals surface area contributed by atoms with Crippen molar-refractivity contribution in [3.8, 4) is 0 Å². The number of nitrogens with zero attached hydrogens (tertiary/aromatic N) is 1. The zero-order valence-corrected chi connectivity index (χ0v) is 22.7. The Bertz CT molecular complexity index is 853. The van der Waals surface area contributed by atoms with Crippen LogP contribution in [-0.2, 0) is 9.59 Å². The monoisotopic (exact) mass is 514 g/mol. The number of hydrogen-bond acceptors (Lipinski definition) is 6. The van der Waals surface area contributed by atoms with Gasteiger partial charge >= 0.3 is 6.03 Å². The summed E-state index contributed by atoms with van der Waals surface area (Å²) in [5.74, 6) is 0.0836. The number of benzene rings is 1. The third kappa shape index (κ3) is 12.3. The Labute approximate surface area is 222 Å². The Morgan fingerprint density at radius 1 is 0.892 bits per heavy atom. The van der Waals surface area contributed by atoms with Gasteiger partial charge in [-0.15, -0.1) is 0 Å². The summed E-state index contributed by atoms with van der Waals surface area (Å²) in [6.45, 7) is 10.2. The number of imide groups is 1. The molecular formula is C28H46N6O3. The second-order valence-corrected chi connectivity index (χ2v) is 10.2. The van der Waals surface area contributed by atoms with Crippen LogP contribution in [0, 0.1) is 12.8 Å². The zero-order valence-electron chi connectivity index (χ0n) is 22.7. The van der Waals surface area contributed by atoms with Gasteiger partial charge in [0.1, 0.15) is 0 Å². The molecule has 1 aromatic rings. The molecule has 1 aliphatic rings. The number of primary amides is 1. The molecule has 0 saturated heterocycles. The van der Waals surface area contributed by atoms with Crippen LogP contribution in [0.1, 0.15) is 57.9 Å². The number of hydrogen-bond donors (Lipinski definition) is 5. The molecule has 0 aromatic heterocycles. The van der Waals surface area contributed by atoms with E-state index in [-0.39, 0.29) is 17.9 Å². The van der Waals surface area contributed by atoms with Crippen LogP contribution in [0.5, 0.6) is 0 Å². The van der Waals surface area contributed by atoms with Gasteiger partial charge < -0.3 is 27.0 Å². The van der Waals surface area contributed by atoms with Gasteiger partial charge in [0.05, 0.1) is 0 Å². The molecule has 1 heterocycles. The quantitative estimate of drug-likeness (QED) is 0.143. The first-order valence-corrected chi connectivity index (χ1v) is 13.6. The summed E-state index contributed by atoms with van der Waals surface area (Å²) in [4.78, 5) is 35.5. The molecule has 0 aliphatic carbocycles. The van der Waals surface area contributed by atoms with Crippen LogP contribution < -0.4 is 27.0 Å². The summed E-state index contributed by atoms with van der Waals surface area (Å²) in [7, 11) is 0. The lowest BCUT2D eigenvalue weighted by Gasteiger charge is -2.27. The van der Waals surface area contributed by atoms with Crippen LogP contribution in [0.4, 0.5) is 10.5 Å². The molecule has 1 aliphatic heterocycles. The van der Waals surface area contributed by atoms with Crippen molar-refractivity contribution in [2.24, 2.45) is 11.7 Å². The summed E-state index contributed by atoms with van der Waals surface area (Å²) in [5.41, 5.74) is 7.53. The average Bonchev–Trinajstić information content (AvgIpc) is 3.18. The lowest BCUT2D eigenvalue weighted by Crippen LogP contribution is -2.47. The number of aryl methyl sites for hydroxylation is 1. The fourth-order valence-electron chi connectivity index (χ4n) is 4.27. The molecule has 0 bridgehead atoms. The Morgan fingerprint density at radius 2 is 1.57 bits per heavy atom. The predicted octanol–water partition coefficient (Wildman–Crippen LogP) is 2.91. The maximum Gasteiger partial charge on any atom is 0.312 e. The molecule has 0 spiro atoms. The summed E-state index contributed by atoms with van der Waals surface area (Å²) < 4.78 is 0. The largest absolute Gasteiger partial charge is 0.383 e. The van der Waals surface area contributed by atoms with Gasteiger partial charge in [-0.2, -0.15) is 0 Å². The Morgan fingerprint density at radius 3 is 2.22 bits per heavy atom. The second-order valence-electron chi connectivity index (χ2n) is 10.2. The van der Waals surface area contributed by atoms with Crippen LogP contribution >= 0.6 is 0 Å². The number of anilines is 1. The first-order valence-electron chi connectivity index (χ1n) is 13.6. The maximum atomic E-state index is 11.6. The molecular weight excluding hydrogens is 468 g/mol. The Kier molecular flexibility index (Phi) is 13.7. The topological polar surface area (TPSA) is 129 Å². The van der Waals surface area contributed by atoms with E-state index in [4.69, 9.17) is 5.73 Å². The van der Waals surface area contributed by atoms with Crippen molar-refractivity contribution in [3.05, 3.63) is 42.0 Å². The minimum Gasteiger partial charge on any atom is -0.383 e. The number of nitrogens with two attached hydrogens (primary N) is 1. The molecule has 9 nitrogen and oxygen atoms in total. The fourth-order valence-corrected chi connectivity index (χ4v) is 4.27. The van der Waals surface area contributed by atoms with Crippen LogP contribution in [0.25, 0.3) is 0 Å². The van der Waals surface area contributed by atoms with Gasteiger partial charge in [0.25, 0.3) is 11.8 Å². The molecule has 6 N–H and O–H groups in total. The van der Waals surface area contributed by atoms with Crippen molar-refractivity contribution in [1.29, 1.82) is 0 Å². The molecule has 206 valence electrons. The number of carbonyl (C=O) groups is 3. The number of amides is 4. The van der Waals surface area contributed by atoms with E-state index < -0.39 is 6.03 Å².